The smallest absolute Gasteiger partial charge is 0.304 e. The van der Waals surface area contributed by atoms with Crippen LogP contribution in [0.4, 0.5) is 10.7 Å². The van der Waals surface area contributed by atoms with Crippen molar-refractivity contribution in [2.24, 2.45) is 0 Å². The average Bonchev–Trinajstić information content (AvgIpc) is 2.93. The third-order valence-corrected chi connectivity index (χ3v) is 6.00. The van der Waals surface area contributed by atoms with Crippen molar-refractivity contribution in [1.29, 1.82) is 0 Å². The zero-order valence-corrected chi connectivity index (χ0v) is 12.6. The minimum Gasteiger partial charge on any atom is -0.385 e. The van der Waals surface area contributed by atoms with Crippen molar-refractivity contribution in [3.8, 4) is 0 Å². The Morgan fingerprint density at radius 2 is 2.20 bits per heavy atom. The molecule has 20 heavy (non-hydrogen) atoms. The van der Waals surface area contributed by atoms with Gasteiger partial charge in [-0.05, 0) is 6.92 Å². The van der Waals surface area contributed by atoms with Gasteiger partial charge < -0.3 is 5.73 Å². The van der Waals surface area contributed by atoms with Gasteiger partial charge in [-0.3, -0.25) is 10.1 Å². The van der Waals surface area contributed by atoms with Crippen LogP contribution in [0.1, 0.15) is 9.88 Å². The Morgan fingerprint density at radius 1 is 1.50 bits per heavy atom. The molecule has 0 aromatic carbocycles. The Kier molecular flexibility index (Phi) is 4.04. The van der Waals surface area contributed by atoms with Gasteiger partial charge in [-0.15, -0.1) is 11.3 Å². The number of aryl methyl sites for hydroxylation is 1. The van der Waals surface area contributed by atoms with E-state index in [-0.39, 0.29) is 15.8 Å². The fourth-order valence-corrected chi connectivity index (χ4v) is 4.42. The van der Waals surface area contributed by atoms with Crippen molar-refractivity contribution in [3.05, 3.63) is 32.3 Å². The SMILES string of the molecule is Cc1cnc(CNS(=O)(=O)c2cc([N+](=O)[O-])c(N)s2)s1. The van der Waals surface area contributed by atoms with Gasteiger partial charge in [0.15, 0.2) is 5.00 Å². The van der Waals surface area contributed by atoms with Crippen molar-refractivity contribution < 1.29 is 13.3 Å². The van der Waals surface area contributed by atoms with Crippen LogP contribution in [0.5, 0.6) is 0 Å². The molecule has 0 saturated heterocycles. The number of nitrogens with two attached hydrogens (primary N) is 1. The fraction of sp³-hybridized carbons (Fsp3) is 0.222. The molecule has 0 saturated carbocycles. The van der Waals surface area contributed by atoms with E-state index in [1.54, 1.807) is 6.20 Å². The maximum Gasteiger partial charge on any atom is 0.304 e. The van der Waals surface area contributed by atoms with Gasteiger partial charge in [0.2, 0.25) is 0 Å². The van der Waals surface area contributed by atoms with Crippen molar-refractivity contribution >= 4 is 43.4 Å². The average molecular weight is 334 g/mol. The molecule has 3 N–H and O–H groups in total. The molecule has 0 atom stereocenters. The molecule has 0 aliphatic rings. The summed E-state index contributed by atoms with van der Waals surface area (Å²) in [5, 5.41) is 11.1. The first-order valence-corrected chi connectivity index (χ1v) is 8.36. The monoisotopic (exact) mass is 334 g/mol. The highest BCUT2D eigenvalue weighted by Gasteiger charge is 2.24. The lowest BCUT2D eigenvalue weighted by Gasteiger charge is -2.01. The van der Waals surface area contributed by atoms with Crippen LogP contribution in [0.3, 0.4) is 0 Å². The highest BCUT2D eigenvalue weighted by molar-refractivity contribution is 7.91. The third kappa shape index (κ3) is 3.12. The van der Waals surface area contributed by atoms with Gasteiger partial charge >= 0.3 is 5.69 Å². The molecule has 0 aliphatic carbocycles. The summed E-state index contributed by atoms with van der Waals surface area (Å²) in [5.74, 6) is 0. The molecule has 0 bridgehead atoms. The number of sulfonamides is 1. The first-order chi connectivity index (χ1) is 9.29. The van der Waals surface area contributed by atoms with Gasteiger partial charge in [0, 0.05) is 17.1 Å². The summed E-state index contributed by atoms with van der Waals surface area (Å²) in [6.07, 6.45) is 1.64. The third-order valence-electron chi connectivity index (χ3n) is 2.26. The van der Waals surface area contributed by atoms with Gasteiger partial charge in [-0.1, -0.05) is 11.3 Å². The lowest BCUT2D eigenvalue weighted by atomic mass is 10.5. The van der Waals surface area contributed by atoms with Crippen LogP contribution in [0, 0.1) is 17.0 Å². The number of hydrogen-bond donors (Lipinski definition) is 2. The molecule has 2 aromatic heterocycles. The molecule has 2 aromatic rings. The molecule has 0 unspecified atom stereocenters. The zero-order chi connectivity index (χ0) is 14.9. The standard InChI is InChI=1S/C9H10N4O4S3/c1-5-3-11-7(18-5)4-12-20(16,17)8-2-6(13(14)15)9(10)19-8/h2-3,12H,4,10H2,1H3. The van der Waals surface area contributed by atoms with E-state index in [1.165, 1.54) is 11.3 Å². The summed E-state index contributed by atoms with van der Waals surface area (Å²) in [6, 6.07) is 0.954. The lowest BCUT2D eigenvalue weighted by Crippen LogP contribution is -2.22. The number of nitrogens with one attached hydrogen (secondary N) is 1. The van der Waals surface area contributed by atoms with E-state index in [0.29, 0.717) is 16.3 Å². The first kappa shape index (κ1) is 14.8. The zero-order valence-electron chi connectivity index (χ0n) is 10.2. The molecule has 0 spiro atoms. The van der Waals surface area contributed by atoms with E-state index in [9.17, 15) is 18.5 Å². The molecule has 0 aliphatic heterocycles. The normalized spacial score (nSPS) is 11.7. The number of anilines is 1. The number of nitrogens with zero attached hydrogens (tertiary/aromatic N) is 2. The number of aromatic nitrogens is 1. The Balaban J connectivity index is 2.18. The highest BCUT2D eigenvalue weighted by Crippen LogP contribution is 2.34. The topological polar surface area (TPSA) is 128 Å². The van der Waals surface area contributed by atoms with Crippen molar-refractivity contribution in [3.63, 3.8) is 0 Å². The minimum atomic E-state index is -3.83. The number of nitro groups is 1. The second kappa shape index (κ2) is 5.44. The maximum atomic E-state index is 12.0. The van der Waals surface area contributed by atoms with Crippen LogP contribution in [0.2, 0.25) is 0 Å². The number of rotatable bonds is 5. The second-order valence-corrected chi connectivity index (χ2v) is 8.16. The van der Waals surface area contributed by atoms with E-state index in [2.05, 4.69) is 9.71 Å². The Bertz CT molecular complexity index is 749. The van der Waals surface area contributed by atoms with Crippen LogP contribution in [0.15, 0.2) is 16.5 Å². The Hall–Kier alpha value is -1.56. The molecule has 0 fully saturated rings. The molecule has 108 valence electrons. The Labute approximate surface area is 122 Å². The summed E-state index contributed by atoms with van der Waals surface area (Å²) in [7, 11) is -3.83. The van der Waals surface area contributed by atoms with Crippen molar-refractivity contribution in [1.82, 2.24) is 9.71 Å². The molecular formula is C9H10N4O4S3. The summed E-state index contributed by atoms with van der Waals surface area (Å²) in [5.41, 5.74) is 5.02. The number of nitrogen functional groups attached to an aromatic ring is 1. The van der Waals surface area contributed by atoms with Gasteiger partial charge in [0.1, 0.15) is 9.22 Å². The van der Waals surface area contributed by atoms with Crippen LogP contribution in [-0.4, -0.2) is 18.3 Å². The van der Waals surface area contributed by atoms with E-state index in [1.807, 2.05) is 6.92 Å². The van der Waals surface area contributed by atoms with E-state index in [0.717, 1.165) is 10.9 Å². The lowest BCUT2D eigenvalue weighted by molar-refractivity contribution is -0.383. The predicted molar refractivity (Wildman–Crippen MR) is 76.3 cm³/mol. The van der Waals surface area contributed by atoms with Crippen molar-refractivity contribution in [2.45, 2.75) is 17.7 Å². The largest absolute Gasteiger partial charge is 0.385 e. The van der Waals surface area contributed by atoms with Gasteiger partial charge in [0.25, 0.3) is 10.0 Å². The molecule has 11 heteroatoms. The maximum absolute atomic E-state index is 12.0. The molecule has 8 nitrogen and oxygen atoms in total. The van der Waals surface area contributed by atoms with Gasteiger partial charge in [0.05, 0.1) is 11.5 Å². The van der Waals surface area contributed by atoms with Crippen LogP contribution < -0.4 is 10.5 Å². The predicted octanol–water partition coefficient (Wildman–Crippen LogP) is 1.48. The molecular weight excluding hydrogens is 324 g/mol. The van der Waals surface area contributed by atoms with Crippen LogP contribution >= 0.6 is 22.7 Å². The number of thiazole rings is 1. The number of thiophene rings is 1. The van der Waals surface area contributed by atoms with E-state index >= 15 is 0 Å². The highest BCUT2D eigenvalue weighted by atomic mass is 32.2. The molecule has 0 radical (unpaired) electrons. The van der Waals surface area contributed by atoms with E-state index < -0.39 is 20.6 Å². The van der Waals surface area contributed by atoms with Crippen LogP contribution in [-0.2, 0) is 16.6 Å². The molecule has 0 amide bonds. The van der Waals surface area contributed by atoms with Crippen molar-refractivity contribution in [2.75, 3.05) is 5.73 Å². The fourth-order valence-electron chi connectivity index (χ4n) is 1.36. The van der Waals surface area contributed by atoms with Crippen LogP contribution in [0.25, 0.3) is 0 Å². The molecule has 2 rings (SSSR count). The summed E-state index contributed by atoms with van der Waals surface area (Å²) in [6.45, 7) is 1.89. The Morgan fingerprint density at radius 3 is 2.70 bits per heavy atom. The first-order valence-electron chi connectivity index (χ1n) is 5.24. The number of hydrogen-bond acceptors (Lipinski definition) is 8. The van der Waals surface area contributed by atoms with Gasteiger partial charge in [-0.25, -0.2) is 18.1 Å². The summed E-state index contributed by atoms with van der Waals surface area (Å²) < 4.78 is 26.1. The minimum absolute atomic E-state index is 0.0342. The summed E-state index contributed by atoms with van der Waals surface area (Å²) >= 11 is 2.03. The van der Waals surface area contributed by atoms with E-state index in [4.69, 9.17) is 5.73 Å². The van der Waals surface area contributed by atoms with Gasteiger partial charge in [-0.2, -0.15) is 0 Å². The summed E-state index contributed by atoms with van der Waals surface area (Å²) in [4.78, 5) is 14.9. The molecule has 2 heterocycles. The second-order valence-electron chi connectivity index (χ2n) is 3.76. The quantitative estimate of drug-likeness (QED) is 0.629.